The third kappa shape index (κ3) is 8.79. The van der Waals surface area contributed by atoms with Gasteiger partial charge in [-0.05, 0) is 25.8 Å². The predicted molar refractivity (Wildman–Crippen MR) is 101 cm³/mol. The maximum absolute atomic E-state index is 12.4. The van der Waals surface area contributed by atoms with Crippen molar-refractivity contribution >= 4 is 5.96 Å². The molecular formula is C19H28F3N3O3. The van der Waals surface area contributed by atoms with Gasteiger partial charge in [-0.15, -0.1) is 0 Å². The van der Waals surface area contributed by atoms with Crippen LogP contribution in [0.25, 0.3) is 0 Å². The van der Waals surface area contributed by atoms with E-state index in [1.165, 1.54) is 6.07 Å². The molecule has 1 saturated heterocycles. The number of alkyl halides is 3. The van der Waals surface area contributed by atoms with Crippen LogP contribution in [0.2, 0.25) is 0 Å². The lowest BCUT2D eigenvalue weighted by atomic mass is 10.2. The van der Waals surface area contributed by atoms with Gasteiger partial charge in [0, 0.05) is 31.9 Å². The van der Waals surface area contributed by atoms with Crippen LogP contribution in [0.1, 0.15) is 25.3 Å². The molecule has 1 unspecified atom stereocenters. The fourth-order valence-electron chi connectivity index (χ4n) is 2.61. The van der Waals surface area contributed by atoms with Gasteiger partial charge in [0.1, 0.15) is 5.75 Å². The van der Waals surface area contributed by atoms with Gasteiger partial charge in [0.15, 0.2) is 12.6 Å². The van der Waals surface area contributed by atoms with Gasteiger partial charge < -0.3 is 24.8 Å². The van der Waals surface area contributed by atoms with Crippen LogP contribution in [0.4, 0.5) is 13.2 Å². The fourth-order valence-corrected chi connectivity index (χ4v) is 2.61. The van der Waals surface area contributed by atoms with E-state index in [0.717, 1.165) is 19.4 Å². The summed E-state index contributed by atoms with van der Waals surface area (Å²) >= 11 is 0. The van der Waals surface area contributed by atoms with Crippen molar-refractivity contribution < 1.29 is 27.4 Å². The minimum Gasteiger partial charge on any atom is -0.484 e. The topological polar surface area (TPSA) is 64.1 Å². The molecule has 9 heteroatoms. The Kier molecular flexibility index (Phi) is 9.36. The Morgan fingerprint density at radius 1 is 1.29 bits per heavy atom. The number of aliphatic imine (C=N–C) groups is 1. The lowest BCUT2D eigenvalue weighted by Crippen LogP contribution is -2.38. The molecule has 1 aliphatic rings. The van der Waals surface area contributed by atoms with Crippen molar-refractivity contribution in [2.75, 3.05) is 39.5 Å². The van der Waals surface area contributed by atoms with Crippen LogP contribution in [0, 0.1) is 0 Å². The molecule has 0 radical (unpaired) electrons. The molecule has 2 rings (SSSR count). The van der Waals surface area contributed by atoms with Crippen LogP contribution >= 0.6 is 0 Å². The summed E-state index contributed by atoms with van der Waals surface area (Å²) in [6.07, 6.45) is -2.44. The van der Waals surface area contributed by atoms with Crippen molar-refractivity contribution in [2.24, 2.45) is 4.99 Å². The SMILES string of the molecule is CCNC(=NCc1ccccc1OCC(F)(F)F)NCCCOC1CCOC1. The Hall–Kier alpha value is -2.00. The molecule has 0 spiro atoms. The summed E-state index contributed by atoms with van der Waals surface area (Å²) in [6, 6.07) is 6.60. The monoisotopic (exact) mass is 403 g/mol. The van der Waals surface area contributed by atoms with Gasteiger partial charge in [0.2, 0.25) is 0 Å². The number of benzene rings is 1. The van der Waals surface area contributed by atoms with Gasteiger partial charge in [-0.1, -0.05) is 18.2 Å². The first-order valence-electron chi connectivity index (χ1n) is 9.47. The second kappa shape index (κ2) is 11.8. The fraction of sp³-hybridized carbons (Fsp3) is 0.632. The number of guanidine groups is 1. The summed E-state index contributed by atoms with van der Waals surface area (Å²) < 4.78 is 53.1. The summed E-state index contributed by atoms with van der Waals surface area (Å²) in [7, 11) is 0. The third-order valence-electron chi connectivity index (χ3n) is 3.97. The van der Waals surface area contributed by atoms with Crippen molar-refractivity contribution in [3.05, 3.63) is 29.8 Å². The van der Waals surface area contributed by atoms with Crippen LogP contribution in [-0.4, -0.2) is 57.8 Å². The summed E-state index contributed by atoms with van der Waals surface area (Å²) in [5.74, 6) is 0.781. The van der Waals surface area contributed by atoms with E-state index in [2.05, 4.69) is 15.6 Å². The summed E-state index contributed by atoms with van der Waals surface area (Å²) in [4.78, 5) is 4.44. The van der Waals surface area contributed by atoms with E-state index in [9.17, 15) is 13.2 Å². The van der Waals surface area contributed by atoms with Crippen LogP contribution in [0.3, 0.4) is 0 Å². The Labute approximate surface area is 163 Å². The molecule has 1 atom stereocenters. The Morgan fingerprint density at radius 2 is 2.11 bits per heavy atom. The Morgan fingerprint density at radius 3 is 2.82 bits per heavy atom. The number of nitrogens with zero attached hydrogens (tertiary/aromatic N) is 1. The zero-order chi connectivity index (χ0) is 20.2. The maximum Gasteiger partial charge on any atom is 0.422 e. The third-order valence-corrected chi connectivity index (χ3v) is 3.97. The molecule has 1 heterocycles. The quantitative estimate of drug-likeness (QED) is 0.357. The number of hydrogen-bond acceptors (Lipinski definition) is 4. The highest BCUT2D eigenvalue weighted by molar-refractivity contribution is 5.79. The zero-order valence-electron chi connectivity index (χ0n) is 16.1. The molecule has 6 nitrogen and oxygen atoms in total. The average Bonchev–Trinajstić information content (AvgIpc) is 3.17. The summed E-state index contributed by atoms with van der Waals surface area (Å²) in [5, 5.41) is 6.32. The van der Waals surface area contributed by atoms with E-state index >= 15 is 0 Å². The molecule has 0 saturated carbocycles. The van der Waals surface area contributed by atoms with E-state index in [1.807, 2.05) is 6.92 Å². The van der Waals surface area contributed by atoms with Crippen LogP contribution in [0.15, 0.2) is 29.3 Å². The summed E-state index contributed by atoms with van der Waals surface area (Å²) in [5.41, 5.74) is 0.591. The number of halogens is 3. The van der Waals surface area contributed by atoms with Gasteiger partial charge in [0.25, 0.3) is 0 Å². The van der Waals surface area contributed by atoms with Crippen molar-refractivity contribution in [1.82, 2.24) is 10.6 Å². The second-order valence-electron chi connectivity index (χ2n) is 6.34. The zero-order valence-corrected chi connectivity index (χ0v) is 16.1. The van der Waals surface area contributed by atoms with Crippen LogP contribution in [-0.2, 0) is 16.0 Å². The molecule has 2 N–H and O–H groups in total. The lowest BCUT2D eigenvalue weighted by Gasteiger charge is -2.14. The molecule has 1 aromatic rings. The number of rotatable bonds is 10. The molecule has 1 fully saturated rings. The van der Waals surface area contributed by atoms with Crippen molar-refractivity contribution in [2.45, 2.75) is 38.6 Å². The first kappa shape index (κ1) is 22.3. The number of nitrogens with one attached hydrogen (secondary N) is 2. The van der Waals surface area contributed by atoms with E-state index in [4.69, 9.17) is 14.2 Å². The number of ether oxygens (including phenoxy) is 3. The molecule has 28 heavy (non-hydrogen) atoms. The van der Waals surface area contributed by atoms with Gasteiger partial charge >= 0.3 is 6.18 Å². The Balaban J connectivity index is 1.80. The highest BCUT2D eigenvalue weighted by Gasteiger charge is 2.28. The first-order valence-corrected chi connectivity index (χ1v) is 9.47. The highest BCUT2D eigenvalue weighted by atomic mass is 19.4. The minimum absolute atomic E-state index is 0.187. The lowest BCUT2D eigenvalue weighted by molar-refractivity contribution is -0.153. The normalized spacial score (nSPS) is 17.6. The smallest absolute Gasteiger partial charge is 0.422 e. The second-order valence-corrected chi connectivity index (χ2v) is 6.34. The molecule has 0 aliphatic carbocycles. The standard InChI is InChI=1S/C19H28F3N3O3/c1-2-23-18(24-9-5-10-27-16-8-11-26-13-16)25-12-15-6-3-4-7-17(15)28-14-19(20,21)22/h3-4,6-7,16H,2,5,8-14H2,1H3,(H2,23,24,25). The number of hydrogen-bond donors (Lipinski definition) is 2. The molecule has 1 aliphatic heterocycles. The predicted octanol–water partition coefficient (Wildman–Crippen LogP) is 2.88. The Bertz CT molecular complexity index is 606. The average molecular weight is 403 g/mol. The summed E-state index contributed by atoms with van der Waals surface area (Å²) in [6.45, 7) is 4.23. The van der Waals surface area contributed by atoms with Crippen LogP contribution in [0.5, 0.6) is 5.75 Å². The molecule has 0 bridgehead atoms. The van der Waals surface area contributed by atoms with Crippen molar-refractivity contribution in [3.8, 4) is 5.75 Å². The highest BCUT2D eigenvalue weighted by Crippen LogP contribution is 2.22. The minimum atomic E-state index is -4.38. The molecule has 0 aromatic heterocycles. The molecular weight excluding hydrogens is 375 g/mol. The van der Waals surface area contributed by atoms with E-state index in [-0.39, 0.29) is 18.4 Å². The van der Waals surface area contributed by atoms with E-state index in [1.54, 1.807) is 18.2 Å². The van der Waals surface area contributed by atoms with Crippen molar-refractivity contribution in [1.29, 1.82) is 0 Å². The molecule has 1 aromatic carbocycles. The largest absolute Gasteiger partial charge is 0.484 e. The van der Waals surface area contributed by atoms with Gasteiger partial charge in [-0.25, -0.2) is 4.99 Å². The van der Waals surface area contributed by atoms with Crippen LogP contribution < -0.4 is 15.4 Å². The maximum atomic E-state index is 12.4. The molecule has 158 valence electrons. The van der Waals surface area contributed by atoms with Gasteiger partial charge in [-0.3, -0.25) is 0 Å². The van der Waals surface area contributed by atoms with E-state index in [0.29, 0.717) is 37.8 Å². The van der Waals surface area contributed by atoms with Crippen molar-refractivity contribution in [3.63, 3.8) is 0 Å². The first-order chi connectivity index (χ1) is 13.5. The van der Waals surface area contributed by atoms with Gasteiger partial charge in [0.05, 0.1) is 19.3 Å². The van der Waals surface area contributed by atoms with E-state index < -0.39 is 12.8 Å². The number of para-hydroxylation sites is 1. The van der Waals surface area contributed by atoms with Gasteiger partial charge in [-0.2, -0.15) is 13.2 Å². The molecule has 0 amide bonds.